The van der Waals surface area contributed by atoms with E-state index in [0.29, 0.717) is 23.3 Å². The summed E-state index contributed by atoms with van der Waals surface area (Å²) < 4.78 is 6.29. The SMILES string of the molecule is CCCCCCCCCCCC(=O)NCC(=O)N/N=C/c1cc(Br)ccc1OC(=O)c1ccc(C)cc1. The third-order valence-electron chi connectivity index (χ3n) is 5.81. The van der Waals surface area contributed by atoms with Gasteiger partial charge in [-0.25, -0.2) is 10.2 Å². The van der Waals surface area contributed by atoms with Crippen molar-refractivity contribution in [2.75, 3.05) is 6.54 Å². The summed E-state index contributed by atoms with van der Waals surface area (Å²) in [7, 11) is 0. The van der Waals surface area contributed by atoms with Crippen LogP contribution in [0.3, 0.4) is 0 Å². The molecule has 200 valence electrons. The van der Waals surface area contributed by atoms with Gasteiger partial charge in [0.25, 0.3) is 5.91 Å². The van der Waals surface area contributed by atoms with E-state index in [1.165, 1.54) is 44.7 Å². The summed E-state index contributed by atoms with van der Waals surface area (Å²) >= 11 is 3.39. The zero-order valence-electron chi connectivity index (χ0n) is 21.9. The molecule has 0 aliphatic carbocycles. The maximum absolute atomic E-state index is 12.5. The number of hydrazone groups is 1. The fraction of sp³-hybridized carbons (Fsp3) is 0.448. The van der Waals surface area contributed by atoms with E-state index in [9.17, 15) is 14.4 Å². The Bertz CT molecular complexity index is 1040. The third-order valence-corrected chi connectivity index (χ3v) is 6.30. The molecule has 0 bridgehead atoms. The largest absolute Gasteiger partial charge is 0.422 e. The van der Waals surface area contributed by atoms with Crippen LogP contribution in [0.1, 0.15) is 92.6 Å². The monoisotopic (exact) mass is 571 g/mol. The standard InChI is InChI=1S/C29H38BrN3O4/c1-3-4-5-6-7-8-9-10-11-12-27(34)31-21-28(35)33-32-20-24-19-25(30)17-18-26(24)37-29(36)23-15-13-22(2)14-16-23/h13-20H,3-12,21H2,1-2H3,(H,31,34)(H,33,35)/b32-20+. The Morgan fingerprint density at radius 2 is 1.54 bits per heavy atom. The second-order valence-electron chi connectivity index (χ2n) is 9.09. The fourth-order valence-corrected chi connectivity index (χ4v) is 4.02. The molecule has 0 fully saturated rings. The second-order valence-corrected chi connectivity index (χ2v) is 10.0. The molecule has 2 amide bonds. The molecule has 0 aliphatic heterocycles. The van der Waals surface area contributed by atoms with Crippen LogP contribution in [0.4, 0.5) is 0 Å². The Hall–Kier alpha value is -3.00. The summed E-state index contributed by atoms with van der Waals surface area (Å²) in [6.45, 7) is 4.01. The molecule has 2 rings (SSSR count). The van der Waals surface area contributed by atoms with Crippen molar-refractivity contribution in [3.8, 4) is 5.75 Å². The van der Waals surface area contributed by atoms with Crippen LogP contribution in [0, 0.1) is 6.92 Å². The van der Waals surface area contributed by atoms with Gasteiger partial charge in [-0.05, 0) is 43.7 Å². The van der Waals surface area contributed by atoms with E-state index in [2.05, 4.69) is 38.7 Å². The lowest BCUT2D eigenvalue weighted by Gasteiger charge is -2.08. The number of unbranched alkanes of at least 4 members (excludes halogenated alkanes) is 8. The van der Waals surface area contributed by atoms with Gasteiger partial charge >= 0.3 is 5.97 Å². The van der Waals surface area contributed by atoms with Gasteiger partial charge in [-0.3, -0.25) is 9.59 Å². The van der Waals surface area contributed by atoms with Crippen LogP contribution < -0.4 is 15.5 Å². The maximum Gasteiger partial charge on any atom is 0.343 e. The van der Waals surface area contributed by atoms with E-state index in [4.69, 9.17) is 4.74 Å². The number of halogens is 1. The van der Waals surface area contributed by atoms with Crippen LogP contribution in [-0.2, 0) is 9.59 Å². The molecule has 0 saturated heterocycles. The second kappa shape index (κ2) is 17.5. The zero-order valence-corrected chi connectivity index (χ0v) is 23.4. The van der Waals surface area contributed by atoms with E-state index in [1.807, 2.05) is 19.1 Å². The van der Waals surface area contributed by atoms with Crippen molar-refractivity contribution in [1.82, 2.24) is 10.7 Å². The van der Waals surface area contributed by atoms with Gasteiger partial charge in [-0.15, -0.1) is 0 Å². The number of amides is 2. The molecule has 0 atom stereocenters. The van der Waals surface area contributed by atoms with Crippen LogP contribution >= 0.6 is 15.9 Å². The first-order valence-electron chi connectivity index (χ1n) is 13.1. The van der Waals surface area contributed by atoms with Crippen molar-refractivity contribution < 1.29 is 19.1 Å². The topological polar surface area (TPSA) is 96.9 Å². The first-order valence-corrected chi connectivity index (χ1v) is 13.9. The summed E-state index contributed by atoms with van der Waals surface area (Å²) in [6.07, 6.45) is 12.5. The Morgan fingerprint density at radius 3 is 2.22 bits per heavy atom. The molecule has 2 aromatic rings. The molecule has 2 aromatic carbocycles. The van der Waals surface area contributed by atoms with E-state index in [-0.39, 0.29) is 12.5 Å². The Balaban J connectivity index is 1.71. The lowest BCUT2D eigenvalue weighted by molar-refractivity contribution is -0.126. The smallest absolute Gasteiger partial charge is 0.343 e. The van der Waals surface area contributed by atoms with Crippen LogP contribution in [0.5, 0.6) is 5.75 Å². The molecule has 0 saturated carbocycles. The van der Waals surface area contributed by atoms with E-state index < -0.39 is 11.9 Å². The van der Waals surface area contributed by atoms with Gasteiger partial charge in [-0.2, -0.15) is 5.10 Å². The summed E-state index contributed by atoms with van der Waals surface area (Å²) in [6, 6.07) is 12.2. The number of carbonyl (C=O) groups is 3. The molecule has 0 unspecified atom stereocenters. The highest BCUT2D eigenvalue weighted by molar-refractivity contribution is 9.10. The minimum Gasteiger partial charge on any atom is -0.422 e. The van der Waals surface area contributed by atoms with Crippen molar-refractivity contribution in [1.29, 1.82) is 0 Å². The quantitative estimate of drug-likeness (QED) is 0.0793. The van der Waals surface area contributed by atoms with Gasteiger partial charge in [0.1, 0.15) is 5.75 Å². The summed E-state index contributed by atoms with van der Waals surface area (Å²) in [4.78, 5) is 36.5. The van der Waals surface area contributed by atoms with E-state index >= 15 is 0 Å². The summed E-state index contributed by atoms with van der Waals surface area (Å²) in [5.74, 6) is -0.763. The lowest BCUT2D eigenvalue weighted by Crippen LogP contribution is -2.34. The van der Waals surface area contributed by atoms with Crippen LogP contribution in [0.25, 0.3) is 0 Å². The highest BCUT2D eigenvalue weighted by atomic mass is 79.9. The minimum absolute atomic E-state index is 0.139. The van der Waals surface area contributed by atoms with Gasteiger partial charge in [-0.1, -0.05) is 91.9 Å². The fourth-order valence-electron chi connectivity index (χ4n) is 3.64. The zero-order chi connectivity index (χ0) is 26.9. The van der Waals surface area contributed by atoms with Crippen molar-refractivity contribution in [3.63, 3.8) is 0 Å². The third kappa shape index (κ3) is 12.7. The number of aryl methyl sites for hydroxylation is 1. The highest BCUT2D eigenvalue weighted by Gasteiger charge is 2.12. The lowest BCUT2D eigenvalue weighted by atomic mass is 10.1. The van der Waals surface area contributed by atoms with Gasteiger partial charge in [0, 0.05) is 16.5 Å². The predicted octanol–water partition coefficient (Wildman–Crippen LogP) is 6.46. The van der Waals surface area contributed by atoms with Crippen LogP contribution in [-0.4, -0.2) is 30.5 Å². The number of esters is 1. The maximum atomic E-state index is 12.5. The van der Waals surface area contributed by atoms with E-state index in [0.717, 1.165) is 29.3 Å². The summed E-state index contributed by atoms with van der Waals surface area (Å²) in [5, 5.41) is 6.57. The van der Waals surface area contributed by atoms with Gasteiger partial charge in [0.15, 0.2) is 0 Å². The minimum atomic E-state index is -0.490. The van der Waals surface area contributed by atoms with Crippen LogP contribution in [0.15, 0.2) is 52.0 Å². The number of carbonyl (C=O) groups excluding carboxylic acids is 3. The number of ether oxygens (including phenoxy) is 1. The Kier molecular flexibility index (Phi) is 14.3. The number of rotatable bonds is 16. The number of benzene rings is 2. The first-order chi connectivity index (χ1) is 17.9. The molecule has 0 heterocycles. The predicted molar refractivity (Wildman–Crippen MR) is 151 cm³/mol. The normalized spacial score (nSPS) is 10.9. The Labute approximate surface area is 228 Å². The molecule has 37 heavy (non-hydrogen) atoms. The molecular weight excluding hydrogens is 534 g/mol. The van der Waals surface area contributed by atoms with Crippen molar-refractivity contribution in [3.05, 3.63) is 63.6 Å². The first kappa shape index (κ1) is 30.2. The molecule has 0 aromatic heterocycles. The molecule has 0 spiro atoms. The Morgan fingerprint density at radius 1 is 0.892 bits per heavy atom. The van der Waals surface area contributed by atoms with Crippen LogP contribution in [0.2, 0.25) is 0 Å². The molecular formula is C29H38BrN3O4. The highest BCUT2D eigenvalue weighted by Crippen LogP contribution is 2.23. The number of hydrogen-bond acceptors (Lipinski definition) is 5. The van der Waals surface area contributed by atoms with Gasteiger partial charge in [0.2, 0.25) is 5.91 Å². The van der Waals surface area contributed by atoms with Gasteiger partial charge < -0.3 is 10.1 Å². The van der Waals surface area contributed by atoms with Crippen molar-refractivity contribution in [2.45, 2.75) is 78.1 Å². The van der Waals surface area contributed by atoms with Crippen molar-refractivity contribution >= 4 is 39.9 Å². The molecule has 7 nitrogen and oxygen atoms in total. The average molecular weight is 573 g/mol. The number of hydrogen-bond donors (Lipinski definition) is 2. The average Bonchev–Trinajstić information content (AvgIpc) is 2.88. The van der Waals surface area contributed by atoms with Crippen molar-refractivity contribution in [2.24, 2.45) is 5.10 Å². The van der Waals surface area contributed by atoms with Gasteiger partial charge in [0.05, 0.1) is 18.3 Å². The molecule has 2 N–H and O–H groups in total. The molecule has 0 aliphatic rings. The number of nitrogens with zero attached hydrogens (tertiary/aromatic N) is 1. The van der Waals surface area contributed by atoms with E-state index in [1.54, 1.807) is 30.3 Å². The molecule has 8 heteroatoms. The number of nitrogens with one attached hydrogen (secondary N) is 2. The molecule has 0 radical (unpaired) electrons. The summed E-state index contributed by atoms with van der Waals surface area (Å²) in [5.41, 5.74) is 4.37.